The Bertz CT molecular complexity index is 126. The lowest BCUT2D eigenvalue weighted by Gasteiger charge is -2.29. The van der Waals surface area contributed by atoms with E-state index in [9.17, 15) is 5.11 Å². The van der Waals surface area contributed by atoms with Gasteiger partial charge in [0.25, 0.3) is 0 Å². The summed E-state index contributed by atoms with van der Waals surface area (Å²) in [5, 5.41) is 9.62. The van der Waals surface area contributed by atoms with E-state index in [0.717, 1.165) is 6.42 Å². The largest absolute Gasteiger partial charge is 0.393 e. The fourth-order valence-electron chi connectivity index (χ4n) is 1.34. The van der Waals surface area contributed by atoms with Gasteiger partial charge in [-0.15, -0.1) is 6.58 Å². The molecule has 0 radical (unpaired) electrons. The number of hydrogen-bond donors (Lipinski definition) is 1. The summed E-state index contributed by atoms with van der Waals surface area (Å²) in [6.45, 7) is 12.6. The average molecular weight is 172 g/mol. The highest BCUT2D eigenvalue weighted by Gasteiger charge is 2.28. The Kier molecular flexibility index (Phi) is 4.04. The quantitative estimate of drug-likeness (QED) is 0.510. The molecule has 0 heterocycles. The van der Waals surface area contributed by atoms with Crippen LogP contribution < -0.4 is 0 Å². The van der Waals surface area contributed by atoms with Gasteiger partial charge in [-0.2, -0.15) is 0 Å². The molecule has 0 aliphatic carbocycles. The van der Waals surface area contributed by atoms with Gasteiger partial charge in [0.1, 0.15) is 0 Å². The van der Waals surface area contributed by atoms with Crippen LogP contribution in [0.3, 0.4) is 0 Å². The molecule has 1 nitrogen and oxygen atoms in total. The predicted molar refractivity (Wildman–Crippen MR) is 53.6 cm³/mol. The Balaban J connectivity index is 4.28. The molecule has 0 aliphatic rings. The molecule has 0 amide bonds. The second kappa shape index (κ2) is 4.07. The van der Waals surface area contributed by atoms with E-state index in [-0.39, 0.29) is 6.10 Å². The lowest BCUT2D eigenvalue weighted by atomic mass is 10.2. The van der Waals surface area contributed by atoms with Gasteiger partial charge in [0.2, 0.25) is 0 Å². The fraction of sp³-hybridized carbons (Fsp3) is 0.778. The number of hydrogen-bond acceptors (Lipinski definition) is 1. The third-order valence-corrected chi connectivity index (χ3v) is 4.71. The molecule has 66 valence electrons. The van der Waals surface area contributed by atoms with E-state index in [1.807, 2.05) is 13.0 Å². The van der Waals surface area contributed by atoms with Crippen molar-refractivity contribution in [3.05, 3.63) is 12.7 Å². The Hall–Kier alpha value is -0.0831. The van der Waals surface area contributed by atoms with E-state index in [1.54, 1.807) is 0 Å². The van der Waals surface area contributed by atoms with Crippen molar-refractivity contribution in [3.63, 3.8) is 0 Å². The monoisotopic (exact) mass is 172 g/mol. The molecule has 0 aliphatic heterocycles. The van der Waals surface area contributed by atoms with Crippen molar-refractivity contribution in [1.29, 1.82) is 0 Å². The molecule has 0 saturated heterocycles. The van der Waals surface area contributed by atoms with Crippen LogP contribution in [0.15, 0.2) is 12.7 Å². The second-order valence-electron chi connectivity index (χ2n) is 4.10. The lowest BCUT2D eigenvalue weighted by molar-refractivity contribution is 0.171. The van der Waals surface area contributed by atoms with Gasteiger partial charge >= 0.3 is 0 Å². The van der Waals surface area contributed by atoms with Crippen LogP contribution in [-0.4, -0.2) is 19.3 Å². The van der Waals surface area contributed by atoms with E-state index >= 15 is 0 Å². The molecule has 0 aromatic carbocycles. The highest BCUT2D eigenvalue weighted by Crippen LogP contribution is 2.27. The highest BCUT2D eigenvalue weighted by atomic mass is 28.3. The van der Waals surface area contributed by atoms with Gasteiger partial charge in [-0.3, -0.25) is 0 Å². The zero-order valence-corrected chi connectivity index (χ0v) is 9.09. The average Bonchev–Trinajstić information content (AvgIpc) is 1.86. The van der Waals surface area contributed by atoms with E-state index in [2.05, 4.69) is 26.2 Å². The molecular formula is C9H20OSi. The molecule has 2 atom stereocenters. The topological polar surface area (TPSA) is 20.2 Å². The maximum atomic E-state index is 9.62. The molecule has 0 rings (SSSR count). The van der Waals surface area contributed by atoms with Gasteiger partial charge in [-0.25, -0.2) is 0 Å². The second-order valence-corrected chi connectivity index (χ2v) is 9.50. The number of aliphatic hydroxyl groups excluding tert-OH is 1. The first-order valence-electron chi connectivity index (χ1n) is 4.24. The first-order chi connectivity index (χ1) is 4.93. The molecule has 11 heavy (non-hydrogen) atoms. The summed E-state index contributed by atoms with van der Waals surface area (Å²) in [4.78, 5) is 0. The first kappa shape index (κ1) is 10.9. The normalized spacial score (nSPS) is 17.5. The zero-order valence-electron chi connectivity index (χ0n) is 8.09. The SMILES string of the molecule is C=CC(C(O)CC)[Si](C)(C)C. The van der Waals surface area contributed by atoms with Gasteiger partial charge < -0.3 is 5.11 Å². The van der Waals surface area contributed by atoms with Crippen molar-refractivity contribution in [1.82, 2.24) is 0 Å². The summed E-state index contributed by atoms with van der Waals surface area (Å²) in [6.07, 6.45) is 2.57. The number of rotatable bonds is 4. The summed E-state index contributed by atoms with van der Waals surface area (Å²) in [5.41, 5.74) is 0.340. The molecule has 1 N–H and O–H groups in total. The summed E-state index contributed by atoms with van der Waals surface area (Å²) in [7, 11) is -1.24. The lowest BCUT2D eigenvalue weighted by Crippen LogP contribution is -2.34. The van der Waals surface area contributed by atoms with Gasteiger partial charge in [-0.05, 0) is 12.0 Å². The molecule has 0 bridgehead atoms. The minimum atomic E-state index is -1.24. The van der Waals surface area contributed by atoms with Gasteiger partial charge in [-0.1, -0.05) is 32.6 Å². The highest BCUT2D eigenvalue weighted by molar-refractivity contribution is 6.78. The molecule has 0 aromatic heterocycles. The van der Waals surface area contributed by atoms with Gasteiger partial charge in [0.05, 0.1) is 14.2 Å². The van der Waals surface area contributed by atoms with Crippen LogP contribution in [-0.2, 0) is 0 Å². The minimum Gasteiger partial charge on any atom is -0.393 e. The standard InChI is InChI=1S/C9H20OSi/c1-6-8(10)9(7-2)11(3,4)5/h7-10H,2,6H2,1,3-5H3. The molecule has 0 fully saturated rings. The van der Waals surface area contributed by atoms with Crippen molar-refractivity contribution in [2.45, 2.75) is 44.6 Å². The van der Waals surface area contributed by atoms with Crippen molar-refractivity contribution in [2.75, 3.05) is 0 Å². The van der Waals surface area contributed by atoms with Gasteiger partial charge in [0.15, 0.2) is 0 Å². The maximum Gasteiger partial charge on any atom is 0.0576 e. The Morgan fingerprint density at radius 1 is 1.45 bits per heavy atom. The summed E-state index contributed by atoms with van der Waals surface area (Å²) < 4.78 is 0. The first-order valence-corrected chi connectivity index (χ1v) is 7.81. The maximum absolute atomic E-state index is 9.62. The molecule has 0 aromatic rings. The van der Waals surface area contributed by atoms with Crippen LogP contribution in [0.25, 0.3) is 0 Å². The van der Waals surface area contributed by atoms with Crippen LogP contribution in [0.5, 0.6) is 0 Å². The Morgan fingerprint density at radius 2 is 1.91 bits per heavy atom. The third-order valence-electron chi connectivity index (χ3n) is 2.09. The van der Waals surface area contributed by atoms with Crippen LogP contribution in [0.1, 0.15) is 13.3 Å². The predicted octanol–water partition coefficient (Wildman–Crippen LogP) is 2.65. The van der Waals surface area contributed by atoms with Crippen molar-refractivity contribution in [2.24, 2.45) is 0 Å². The van der Waals surface area contributed by atoms with Crippen molar-refractivity contribution < 1.29 is 5.11 Å². The molecule has 2 heteroatoms. The Morgan fingerprint density at radius 3 is 2.00 bits per heavy atom. The smallest absolute Gasteiger partial charge is 0.0576 e. The third kappa shape index (κ3) is 3.21. The summed E-state index contributed by atoms with van der Waals surface area (Å²) in [6, 6.07) is 0. The summed E-state index contributed by atoms with van der Waals surface area (Å²) in [5.74, 6) is 0. The van der Waals surface area contributed by atoms with E-state index in [0.29, 0.717) is 5.54 Å². The fourth-order valence-corrected chi connectivity index (χ4v) is 3.44. The van der Waals surface area contributed by atoms with Crippen LogP contribution in [0.4, 0.5) is 0 Å². The molecule has 0 spiro atoms. The minimum absolute atomic E-state index is 0.181. The van der Waals surface area contributed by atoms with E-state index in [1.165, 1.54) is 0 Å². The summed E-state index contributed by atoms with van der Waals surface area (Å²) >= 11 is 0. The number of aliphatic hydroxyl groups is 1. The molecule has 0 saturated carbocycles. The van der Waals surface area contributed by atoms with E-state index in [4.69, 9.17) is 0 Å². The van der Waals surface area contributed by atoms with Crippen LogP contribution in [0, 0.1) is 0 Å². The van der Waals surface area contributed by atoms with Crippen molar-refractivity contribution >= 4 is 8.07 Å². The van der Waals surface area contributed by atoms with Crippen LogP contribution in [0.2, 0.25) is 25.2 Å². The molecular weight excluding hydrogens is 152 g/mol. The van der Waals surface area contributed by atoms with Gasteiger partial charge in [0, 0.05) is 0 Å². The Labute approximate surface area is 71.1 Å². The van der Waals surface area contributed by atoms with Crippen molar-refractivity contribution in [3.8, 4) is 0 Å². The van der Waals surface area contributed by atoms with Crippen LogP contribution >= 0.6 is 0 Å². The van der Waals surface area contributed by atoms with E-state index < -0.39 is 8.07 Å². The zero-order chi connectivity index (χ0) is 9.07. The molecule has 2 unspecified atom stereocenters.